The van der Waals surface area contributed by atoms with E-state index < -0.39 is 5.91 Å². The zero-order chi connectivity index (χ0) is 27.9. The number of fused-ring (bicyclic) bond motifs is 1. The molecule has 40 heavy (non-hydrogen) atoms. The summed E-state index contributed by atoms with van der Waals surface area (Å²) in [6.45, 7) is 2.09. The molecule has 3 aromatic carbocycles. The van der Waals surface area contributed by atoms with Crippen LogP contribution in [0.2, 0.25) is 0 Å². The molecule has 2 aromatic heterocycles. The van der Waals surface area contributed by atoms with E-state index in [-0.39, 0.29) is 12.1 Å². The third kappa shape index (κ3) is 6.32. The van der Waals surface area contributed by atoms with E-state index in [1.54, 1.807) is 30.3 Å². The Labute approximate surface area is 230 Å². The molecule has 200 valence electrons. The number of urea groups is 1. The zero-order valence-corrected chi connectivity index (χ0v) is 21.6. The average Bonchev–Trinajstić information content (AvgIpc) is 3.43. The quantitative estimate of drug-likeness (QED) is 0.0825. The molecule has 5 aromatic rings. The molecular weight excluding hydrogens is 506 g/mol. The van der Waals surface area contributed by atoms with Gasteiger partial charge < -0.3 is 20.9 Å². The molecule has 0 radical (unpaired) electrons. The molecule has 0 fully saturated rings. The number of aromatic amines is 1. The first-order valence-electron chi connectivity index (χ1n) is 12.5. The van der Waals surface area contributed by atoms with Crippen molar-refractivity contribution in [3.05, 3.63) is 108 Å². The third-order valence-corrected chi connectivity index (χ3v) is 6.24. The molecule has 3 amide bonds. The second kappa shape index (κ2) is 11.9. The van der Waals surface area contributed by atoms with Crippen molar-refractivity contribution < 1.29 is 14.8 Å². The summed E-state index contributed by atoms with van der Waals surface area (Å²) in [6.07, 6.45) is 4.28. The highest BCUT2D eigenvalue weighted by Crippen LogP contribution is 2.29. The Bertz CT molecular complexity index is 1650. The summed E-state index contributed by atoms with van der Waals surface area (Å²) in [4.78, 5) is 35.8. The van der Waals surface area contributed by atoms with Gasteiger partial charge in [-0.1, -0.05) is 54.6 Å². The number of nitrogens with one attached hydrogen (secondary N) is 5. The molecule has 0 saturated heterocycles. The fourth-order valence-corrected chi connectivity index (χ4v) is 4.15. The van der Waals surface area contributed by atoms with Gasteiger partial charge in [-0.15, -0.1) is 0 Å². The molecule has 0 bridgehead atoms. The van der Waals surface area contributed by atoms with E-state index in [9.17, 15) is 9.59 Å². The Hall–Kier alpha value is -5.48. The Morgan fingerprint density at radius 3 is 2.25 bits per heavy atom. The number of aromatic nitrogens is 3. The van der Waals surface area contributed by atoms with E-state index in [1.165, 1.54) is 17.9 Å². The van der Waals surface area contributed by atoms with E-state index in [4.69, 9.17) is 5.21 Å². The highest BCUT2D eigenvalue weighted by molar-refractivity contribution is 6.00. The minimum absolute atomic E-state index is 0.0732. The normalized spacial score (nSPS) is 11.8. The Morgan fingerprint density at radius 1 is 0.900 bits per heavy atom. The summed E-state index contributed by atoms with van der Waals surface area (Å²) < 4.78 is 0. The summed E-state index contributed by atoms with van der Waals surface area (Å²) in [5, 5.41) is 18.5. The first-order valence-corrected chi connectivity index (χ1v) is 12.5. The van der Waals surface area contributed by atoms with Gasteiger partial charge >= 0.3 is 6.03 Å². The standard InChI is InChI=1S/C30H27N7O3/c1-19(21-5-3-2-4-6-21)33-28-25-17-26(36-29(25)32-18-31-28)22-10-14-24(15-11-22)35-30(39)34-23-12-7-20(8-13-23)9-16-27(38)37-40/h2-19,40H,1H3,(H,37,38)(H2,34,35,39)(H2,31,32,33,36)/t19-/m1/s1. The molecule has 6 N–H and O–H groups in total. The van der Waals surface area contributed by atoms with Gasteiger partial charge in [0.15, 0.2) is 0 Å². The van der Waals surface area contributed by atoms with Crippen LogP contribution < -0.4 is 21.4 Å². The zero-order valence-electron chi connectivity index (χ0n) is 21.6. The SMILES string of the molecule is C[C@@H](Nc1ncnc2[nH]c(-c3ccc(NC(=O)Nc4ccc(C=CC(=O)NO)cc4)cc3)cc12)c1ccccc1. The molecule has 0 saturated carbocycles. The minimum Gasteiger partial charge on any atom is -0.363 e. The number of benzene rings is 3. The van der Waals surface area contributed by atoms with Crippen molar-refractivity contribution in [1.82, 2.24) is 20.4 Å². The lowest BCUT2D eigenvalue weighted by molar-refractivity contribution is -0.124. The number of rotatable bonds is 8. The van der Waals surface area contributed by atoms with Crippen LogP contribution in [-0.4, -0.2) is 32.1 Å². The Morgan fingerprint density at radius 2 is 1.57 bits per heavy atom. The van der Waals surface area contributed by atoms with Gasteiger partial charge in [-0.2, -0.15) is 0 Å². The number of carbonyl (C=O) groups excluding carboxylic acids is 2. The van der Waals surface area contributed by atoms with Crippen LogP contribution in [0.4, 0.5) is 22.0 Å². The fourth-order valence-electron chi connectivity index (χ4n) is 4.15. The Balaban J connectivity index is 1.23. The van der Waals surface area contributed by atoms with Gasteiger partial charge in [0.05, 0.1) is 5.39 Å². The molecule has 0 unspecified atom stereocenters. The van der Waals surface area contributed by atoms with Crippen LogP contribution in [0.3, 0.4) is 0 Å². The number of hydrogen-bond donors (Lipinski definition) is 6. The van der Waals surface area contributed by atoms with Gasteiger partial charge in [-0.05, 0) is 60.0 Å². The molecule has 0 aliphatic carbocycles. The first kappa shape index (κ1) is 26.1. The topological polar surface area (TPSA) is 144 Å². The smallest absolute Gasteiger partial charge is 0.323 e. The molecular formula is C30H27N7O3. The second-order valence-corrected chi connectivity index (χ2v) is 9.03. The van der Waals surface area contributed by atoms with Crippen LogP contribution in [0.25, 0.3) is 28.4 Å². The molecule has 0 aliphatic rings. The summed E-state index contributed by atoms with van der Waals surface area (Å²) in [5.41, 5.74) is 7.19. The molecule has 10 nitrogen and oxygen atoms in total. The van der Waals surface area contributed by atoms with Crippen molar-refractivity contribution in [2.75, 3.05) is 16.0 Å². The number of hydroxylamine groups is 1. The molecule has 0 spiro atoms. The highest BCUT2D eigenvalue weighted by atomic mass is 16.5. The van der Waals surface area contributed by atoms with Crippen LogP contribution in [0, 0.1) is 0 Å². The van der Waals surface area contributed by atoms with Gasteiger partial charge in [0.25, 0.3) is 5.91 Å². The number of hydrogen-bond acceptors (Lipinski definition) is 6. The summed E-state index contributed by atoms with van der Waals surface area (Å²) in [6, 6.07) is 26.2. The van der Waals surface area contributed by atoms with Gasteiger partial charge in [-0.25, -0.2) is 20.2 Å². The predicted molar refractivity (Wildman–Crippen MR) is 156 cm³/mol. The Kier molecular flexibility index (Phi) is 7.79. The van der Waals surface area contributed by atoms with Crippen molar-refractivity contribution in [2.24, 2.45) is 0 Å². The van der Waals surface area contributed by atoms with Crippen LogP contribution >= 0.6 is 0 Å². The van der Waals surface area contributed by atoms with E-state index in [2.05, 4.69) is 50.0 Å². The van der Waals surface area contributed by atoms with E-state index >= 15 is 0 Å². The summed E-state index contributed by atoms with van der Waals surface area (Å²) in [5.74, 6) is 0.125. The number of anilines is 3. The third-order valence-electron chi connectivity index (χ3n) is 6.24. The second-order valence-electron chi connectivity index (χ2n) is 9.03. The van der Waals surface area contributed by atoms with Gasteiger partial charge in [-0.3, -0.25) is 10.0 Å². The summed E-state index contributed by atoms with van der Waals surface area (Å²) >= 11 is 0. The largest absolute Gasteiger partial charge is 0.363 e. The maximum Gasteiger partial charge on any atom is 0.323 e. The van der Waals surface area contributed by atoms with Crippen LogP contribution in [0.1, 0.15) is 24.1 Å². The van der Waals surface area contributed by atoms with E-state index in [0.29, 0.717) is 11.4 Å². The van der Waals surface area contributed by atoms with Crippen LogP contribution in [0.15, 0.2) is 97.3 Å². The lowest BCUT2D eigenvalue weighted by Crippen LogP contribution is -2.19. The molecule has 5 rings (SSSR count). The van der Waals surface area contributed by atoms with E-state index in [0.717, 1.165) is 39.2 Å². The summed E-state index contributed by atoms with van der Waals surface area (Å²) in [7, 11) is 0. The van der Waals surface area contributed by atoms with Crippen molar-refractivity contribution in [3.8, 4) is 11.3 Å². The molecule has 1 atom stereocenters. The van der Waals surface area contributed by atoms with E-state index in [1.807, 2.05) is 48.5 Å². The predicted octanol–water partition coefficient (Wildman–Crippen LogP) is 5.96. The van der Waals surface area contributed by atoms with Gasteiger partial charge in [0.1, 0.15) is 17.8 Å². The number of carbonyl (C=O) groups is 2. The molecule has 10 heteroatoms. The number of H-pyrrole nitrogens is 1. The highest BCUT2D eigenvalue weighted by Gasteiger charge is 2.13. The lowest BCUT2D eigenvalue weighted by atomic mass is 10.1. The van der Waals surface area contributed by atoms with Gasteiger partial charge in [0.2, 0.25) is 0 Å². The monoisotopic (exact) mass is 533 g/mol. The lowest BCUT2D eigenvalue weighted by Gasteiger charge is -2.15. The van der Waals surface area contributed by atoms with Crippen molar-refractivity contribution in [2.45, 2.75) is 13.0 Å². The van der Waals surface area contributed by atoms with Crippen LogP contribution in [0.5, 0.6) is 0 Å². The van der Waals surface area contributed by atoms with Crippen molar-refractivity contribution >= 4 is 46.2 Å². The fraction of sp³-hybridized carbons (Fsp3) is 0.0667. The first-order chi connectivity index (χ1) is 19.5. The molecule has 2 heterocycles. The average molecular weight is 534 g/mol. The van der Waals surface area contributed by atoms with Crippen molar-refractivity contribution in [1.29, 1.82) is 0 Å². The van der Waals surface area contributed by atoms with Crippen molar-refractivity contribution in [3.63, 3.8) is 0 Å². The number of nitrogens with zero attached hydrogens (tertiary/aromatic N) is 2. The van der Waals surface area contributed by atoms with Crippen LogP contribution in [-0.2, 0) is 4.79 Å². The molecule has 0 aliphatic heterocycles. The van der Waals surface area contributed by atoms with Gasteiger partial charge in [0, 0.05) is 29.2 Å². The number of amides is 3. The minimum atomic E-state index is -0.624. The maximum atomic E-state index is 12.5. The maximum absolute atomic E-state index is 12.5.